The molecular weight excluding hydrogens is 262 g/mol. The van der Waals surface area contributed by atoms with Crippen LogP contribution in [0.25, 0.3) is 0 Å². The van der Waals surface area contributed by atoms with Crippen LogP contribution in [0.5, 0.6) is 0 Å². The van der Waals surface area contributed by atoms with E-state index in [1.165, 1.54) is 43.4 Å². The molecule has 2 rings (SSSR count). The zero-order valence-corrected chi connectivity index (χ0v) is 12.4. The van der Waals surface area contributed by atoms with Gasteiger partial charge >= 0.3 is 0 Å². The number of hydrogen-bond acceptors (Lipinski definition) is 2. The first-order valence-electron chi connectivity index (χ1n) is 6.97. The van der Waals surface area contributed by atoms with Crippen LogP contribution in [0.4, 0.5) is 0 Å². The van der Waals surface area contributed by atoms with Crippen LogP contribution in [0, 0.1) is 0 Å². The fraction of sp³-hybridized carbons (Fsp3) is 0.600. The number of thioether (sulfide) groups is 1. The minimum absolute atomic E-state index is 0.749. The molecule has 1 aliphatic carbocycles. The number of hydrogen-bond donors (Lipinski definition) is 1. The zero-order chi connectivity index (χ0) is 12.6. The monoisotopic (exact) mass is 283 g/mol. The van der Waals surface area contributed by atoms with Gasteiger partial charge in [-0.05, 0) is 25.0 Å². The summed E-state index contributed by atoms with van der Waals surface area (Å²) in [5.74, 6) is 1.10. The summed E-state index contributed by atoms with van der Waals surface area (Å²) < 4.78 is 0. The van der Waals surface area contributed by atoms with E-state index in [4.69, 9.17) is 11.6 Å². The Morgan fingerprint density at radius 3 is 2.56 bits per heavy atom. The Kier molecular flexibility index (Phi) is 6.39. The van der Waals surface area contributed by atoms with Crippen LogP contribution >= 0.6 is 23.4 Å². The Morgan fingerprint density at radius 2 is 1.83 bits per heavy atom. The highest BCUT2D eigenvalue weighted by Crippen LogP contribution is 2.26. The van der Waals surface area contributed by atoms with E-state index in [1.54, 1.807) is 0 Å². The molecule has 0 aliphatic heterocycles. The first-order valence-corrected chi connectivity index (χ1v) is 8.33. The molecule has 1 saturated carbocycles. The van der Waals surface area contributed by atoms with Crippen LogP contribution in [0.1, 0.15) is 38.5 Å². The van der Waals surface area contributed by atoms with Crippen molar-refractivity contribution in [2.75, 3.05) is 12.3 Å². The molecule has 0 atom stereocenters. The Morgan fingerprint density at radius 1 is 1.11 bits per heavy atom. The number of nitrogens with one attached hydrogen (secondary N) is 1. The van der Waals surface area contributed by atoms with Crippen molar-refractivity contribution in [2.24, 2.45) is 0 Å². The summed E-state index contributed by atoms with van der Waals surface area (Å²) in [7, 11) is 0. The molecule has 0 spiro atoms. The zero-order valence-electron chi connectivity index (χ0n) is 10.8. The molecule has 100 valence electrons. The van der Waals surface area contributed by atoms with Gasteiger partial charge in [-0.3, -0.25) is 0 Å². The third kappa shape index (κ3) is 4.83. The molecule has 1 aliphatic rings. The van der Waals surface area contributed by atoms with Crippen molar-refractivity contribution in [1.82, 2.24) is 5.32 Å². The van der Waals surface area contributed by atoms with Gasteiger partial charge in [-0.1, -0.05) is 49.4 Å². The first-order chi connectivity index (χ1) is 8.86. The highest BCUT2D eigenvalue weighted by molar-refractivity contribution is 7.99. The maximum Gasteiger partial charge on any atom is 0.0541 e. The molecule has 1 N–H and O–H groups in total. The maximum absolute atomic E-state index is 6.13. The second-order valence-electron chi connectivity index (χ2n) is 4.92. The molecule has 0 aromatic heterocycles. The van der Waals surface area contributed by atoms with Crippen molar-refractivity contribution in [3.63, 3.8) is 0 Å². The SMILES string of the molecule is Clc1ccccc1SCCNC1CCCCCC1. The lowest BCUT2D eigenvalue weighted by molar-refractivity contribution is 0.474. The molecular formula is C15H22ClNS. The Bertz CT molecular complexity index is 348. The highest BCUT2D eigenvalue weighted by atomic mass is 35.5. The number of halogens is 1. The first kappa shape index (κ1) is 14.2. The summed E-state index contributed by atoms with van der Waals surface area (Å²) in [5, 5.41) is 4.56. The van der Waals surface area contributed by atoms with Gasteiger partial charge in [-0.15, -0.1) is 11.8 Å². The van der Waals surface area contributed by atoms with Crippen LogP contribution in [-0.2, 0) is 0 Å². The summed E-state index contributed by atoms with van der Waals surface area (Å²) in [6.45, 7) is 1.08. The fourth-order valence-electron chi connectivity index (χ4n) is 2.47. The van der Waals surface area contributed by atoms with Crippen molar-refractivity contribution >= 4 is 23.4 Å². The normalized spacial score (nSPS) is 17.6. The molecule has 1 aromatic carbocycles. The lowest BCUT2D eigenvalue weighted by Gasteiger charge is -2.15. The summed E-state index contributed by atoms with van der Waals surface area (Å²) >= 11 is 7.98. The van der Waals surface area contributed by atoms with E-state index in [0.717, 1.165) is 23.4 Å². The van der Waals surface area contributed by atoms with Crippen LogP contribution in [0.2, 0.25) is 5.02 Å². The van der Waals surface area contributed by atoms with E-state index in [-0.39, 0.29) is 0 Å². The van der Waals surface area contributed by atoms with Crippen molar-refractivity contribution in [1.29, 1.82) is 0 Å². The lowest BCUT2D eigenvalue weighted by atomic mass is 10.1. The second kappa shape index (κ2) is 8.08. The van der Waals surface area contributed by atoms with Gasteiger partial charge in [0.05, 0.1) is 5.02 Å². The van der Waals surface area contributed by atoms with Gasteiger partial charge in [0, 0.05) is 23.2 Å². The molecule has 1 aromatic rings. The number of benzene rings is 1. The molecule has 1 fully saturated rings. The van der Waals surface area contributed by atoms with Crippen molar-refractivity contribution in [2.45, 2.75) is 49.5 Å². The molecule has 0 unspecified atom stereocenters. The molecule has 3 heteroatoms. The van der Waals surface area contributed by atoms with Crippen LogP contribution < -0.4 is 5.32 Å². The average molecular weight is 284 g/mol. The van der Waals surface area contributed by atoms with Crippen LogP contribution in [0.15, 0.2) is 29.2 Å². The Balaban J connectivity index is 1.65. The van der Waals surface area contributed by atoms with Gasteiger partial charge in [-0.2, -0.15) is 0 Å². The molecule has 0 radical (unpaired) electrons. The predicted molar refractivity (Wildman–Crippen MR) is 81.7 cm³/mol. The van der Waals surface area contributed by atoms with E-state index in [1.807, 2.05) is 30.0 Å². The molecule has 0 bridgehead atoms. The Labute approximate surface area is 120 Å². The van der Waals surface area contributed by atoms with Crippen molar-refractivity contribution in [3.8, 4) is 0 Å². The van der Waals surface area contributed by atoms with E-state index in [2.05, 4.69) is 11.4 Å². The van der Waals surface area contributed by atoms with E-state index >= 15 is 0 Å². The van der Waals surface area contributed by atoms with Crippen LogP contribution in [-0.4, -0.2) is 18.3 Å². The van der Waals surface area contributed by atoms with Crippen molar-refractivity contribution in [3.05, 3.63) is 29.3 Å². The maximum atomic E-state index is 6.13. The Hall–Kier alpha value is -0.180. The minimum Gasteiger partial charge on any atom is -0.313 e. The quantitative estimate of drug-likeness (QED) is 0.476. The van der Waals surface area contributed by atoms with Gasteiger partial charge in [0.1, 0.15) is 0 Å². The molecule has 18 heavy (non-hydrogen) atoms. The second-order valence-corrected chi connectivity index (χ2v) is 6.47. The van der Waals surface area contributed by atoms with E-state index < -0.39 is 0 Å². The van der Waals surface area contributed by atoms with Gasteiger partial charge < -0.3 is 5.32 Å². The third-order valence-electron chi connectivity index (χ3n) is 3.48. The molecule has 0 saturated heterocycles. The summed E-state index contributed by atoms with van der Waals surface area (Å²) in [6, 6.07) is 8.84. The van der Waals surface area contributed by atoms with Gasteiger partial charge in [0.15, 0.2) is 0 Å². The third-order valence-corrected chi connectivity index (χ3v) is 5.00. The highest BCUT2D eigenvalue weighted by Gasteiger charge is 2.10. The largest absolute Gasteiger partial charge is 0.313 e. The van der Waals surface area contributed by atoms with Gasteiger partial charge in [0.2, 0.25) is 0 Å². The van der Waals surface area contributed by atoms with Gasteiger partial charge in [0.25, 0.3) is 0 Å². The van der Waals surface area contributed by atoms with Gasteiger partial charge in [-0.25, -0.2) is 0 Å². The smallest absolute Gasteiger partial charge is 0.0541 e. The van der Waals surface area contributed by atoms with E-state index in [0.29, 0.717) is 0 Å². The summed E-state index contributed by atoms with van der Waals surface area (Å²) in [6.07, 6.45) is 8.36. The fourth-order valence-corrected chi connectivity index (χ4v) is 3.59. The van der Waals surface area contributed by atoms with Crippen LogP contribution in [0.3, 0.4) is 0 Å². The minimum atomic E-state index is 0.749. The van der Waals surface area contributed by atoms with E-state index in [9.17, 15) is 0 Å². The predicted octanol–water partition coefficient (Wildman–Crippen LogP) is 4.74. The topological polar surface area (TPSA) is 12.0 Å². The standard InChI is InChI=1S/C15H22ClNS/c16-14-9-5-6-10-15(14)18-12-11-17-13-7-3-1-2-4-8-13/h5-6,9-10,13,17H,1-4,7-8,11-12H2. The van der Waals surface area contributed by atoms with Crippen molar-refractivity contribution < 1.29 is 0 Å². The molecule has 0 amide bonds. The average Bonchev–Trinajstić information content (AvgIpc) is 2.65. The lowest BCUT2D eigenvalue weighted by Crippen LogP contribution is -2.30. The number of rotatable bonds is 5. The summed E-state index contributed by atoms with van der Waals surface area (Å²) in [4.78, 5) is 1.20. The molecule has 1 nitrogen and oxygen atoms in total. The molecule has 0 heterocycles. The summed E-state index contributed by atoms with van der Waals surface area (Å²) in [5.41, 5.74) is 0.